The number of hydrogen-bond acceptors (Lipinski definition) is 3. The fourth-order valence-corrected chi connectivity index (χ4v) is 6.07. The van der Waals surface area contributed by atoms with Gasteiger partial charge in [-0.3, -0.25) is 0 Å². The molecule has 0 aliphatic heterocycles. The van der Waals surface area contributed by atoms with Gasteiger partial charge >= 0.3 is 18.9 Å². The fourth-order valence-electron chi connectivity index (χ4n) is 5.08. The second kappa shape index (κ2) is 18.5. The Hall–Kier alpha value is -0.793. The largest absolute Gasteiger partial charge is 1.00 e. The van der Waals surface area contributed by atoms with Crippen molar-refractivity contribution < 1.29 is 31.8 Å². The van der Waals surface area contributed by atoms with Gasteiger partial charge in [0, 0.05) is 0 Å². The Bertz CT molecular complexity index is 940. The molecule has 0 aromatic heterocycles. The van der Waals surface area contributed by atoms with Crippen LogP contribution in [0.5, 0.6) is 0 Å². The zero-order chi connectivity index (χ0) is 24.7. The van der Waals surface area contributed by atoms with Gasteiger partial charge in [-0.15, -0.1) is 0 Å². The van der Waals surface area contributed by atoms with Gasteiger partial charge in [0.15, 0.2) is 0 Å². The average molecular weight is 495 g/mol. The molecule has 35 heavy (non-hydrogen) atoms. The molecule has 0 aliphatic carbocycles. The van der Waals surface area contributed by atoms with E-state index < -0.39 is 10.1 Å². The molecule has 0 aliphatic rings. The first kappa shape index (κ1) is 32.2. The van der Waals surface area contributed by atoms with Crippen LogP contribution in [0, 0.1) is 0 Å². The van der Waals surface area contributed by atoms with Gasteiger partial charge in [0.1, 0.15) is 10.1 Å². The van der Waals surface area contributed by atoms with Gasteiger partial charge in [-0.25, -0.2) is 8.42 Å². The maximum Gasteiger partial charge on any atom is 1.00 e. The Kier molecular flexibility index (Phi) is 17.0. The minimum absolute atomic E-state index is 0. The Labute approximate surface area is 227 Å². The topological polar surface area (TPSA) is 57.2 Å². The van der Waals surface area contributed by atoms with Crippen LogP contribution in [-0.4, -0.2) is 13.0 Å². The van der Waals surface area contributed by atoms with Gasteiger partial charge < -0.3 is 4.55 Å². The molecule has 2 rings (SSSR count). The SMILES string of the molecule is CCCCCCCCCCc1cc2ccccc2c(S(=O)(=O)[O-])c1CCCCCCCCCC.[Li+]. The molecule has 2 aromatic rings. The zero-order valence-electron chi connectivity index (χ0n) is 22.7. The minimum atomic E-state index is -4.54. The smallest absolute Gasteiger partial charge is 0.744 e. The van der Waals surface area contributed by atoms with E-state index in [0.29, 0.717) is 11.8 Å². The summed E-state index contributed by atoms with van der Waals surface area (Å²) in [7, 11) is -4.54. The van der Waals surface area contributed by atoms with E-state index in [1.54, 1.807) is 6.07 Å². The molecule has 0 N–H and O–H groups in total. The molecular formula is C30H47LiO3S. The Morgan fingerprint density at radius 2 is 1.11 bits per heavy atom. The summed E-state index contributed by atoms with van der Waals surface area (Å²) in [5, 5.41) is 1.46. The second-order valence-corrected chi connectivity index (χ2v) is 11.3. The number of unbranched alkanes of at least 4 members (excludes halogenated alkanes) is 14. The van der Waals surface area contributed by atoms with Crippen molar-refractivity contribution in [3.05, 3.63) is 41.5 Å². The molecule has 0 spiro atoms. The minimum Gasteiger partial charge on any atom is -0.744 e. The number of hydrogen-bond donors (Lipinski definition) is 0. The van der Waals surface area contributed by atoms with Crippen LogP contribution in [0.4, 0.5) is 0 Å². The molecule has 0 saturated carbocycles. The molecule has 0 heterocycles. The molecule has 0 saturated heterocycles. The van der Waals surface area contributed by atoms with E-state index >= 15 is 0 Å². The molecule has 2 aromatic carbocycles. The molecule has 0 bridgehead atoms. The predicted molar refractivity (Wildman–Crippen MR) is 145 cm³/mol. The van der Waals surface area contributed by atoms with E-state index in [-0.39, 0.29) is 23.8 Å². The molecule has 192 valence electrons. The van der Waals surface area contributed by atoms with E-state index in [4.69, 9.17) is 0 Å². The molecule has 0 amide bonds. The van der Waals surface area contributed by atoms with Gasteiger partial charge in [-0.1, -0.05) is 134 Å². The maximum absolute atomic E-state index is 12.4. The second-order valence-electron chi connectivity index (χ2n) is 9.97. The summed E-state index contributed by atoms with van der Waals surface area (Å²) in [4.78, 5) is 0.0445. The van der Waals surface area contributed by atoms with E-state index in [0.717, 1.165) is 48.6 Å². The van der Waals surface area contributed by atoms with Crippen LogP contribution in [0.3, 0.4) is 0 Å². The van der Waals surface area contributed by atoms with Gasteiger partial charge in [0.2, 0.25) is 0 Å². The first-order chi connectivity index (χ1) is 16.5. The van der Waals surface area contributed by atoms with Crippen LogP contribution in [0.15, 0.2) is 35.2 Å². The summed E-state index contributed by atoms with van der Waals surface area (Å²) < 4.78 is 37.2. The predicted octanol–water partition coefficient (Wildman–Crippen LogP) is 6.11. The van der Waals surface area contributed by atoms with Crippen molar-refractivity contribution in [1.82, 2.24) is 0 Å². The third-order valence-electron chi connectivity index (χ3n) is 7.03. The Morgan fingerprint density at radius 1 is 0.657 bits per heavy atom. The van der Waals surface area contributed by atoms with Gasteiger partial charge in [0.05, 0.1) is 4.90 Å². The fraction of sp³-hybridized carbons (Fsp3) is 0.667. The standard InChI is InChI=1S/C30H48O3S.Li/c1-3-5-7-9-11-13-15-17-21-26-25-27-22-19-20-24-29(27)30(34(31,32)33)28(26)23-18-16-14-12-10-8-6-4-2;/h19-20,22,24-25H,3-18,21,23H2,1-2H3,(H,31,32,33);/q;+1/p-1. The molecular weight excluding hydrogens is 447 g/mol. The monoisotopic (exact) mass is 494 g/mol. The van der Waals surface area contributed by atoms with E-state index in [9.17, 15) is 13.0 Å². The van der Waals surface area contributed by atoms with Crippen LogP contribution >= 0.6 is 0 Å². The normalized spacial score (nSPS) is 11.6. The summed E-state index contributed by atoms with van der Waals surface area (Å²) in [5.74, 6) is 0. The van der Waals surface area contributed by atoms with Gasteiger partial charge in [0.25, 0.3) is 0 Å². The first-order valence-corrected chi connectivity index (χ1v) is 15.4. The summed E-state index contributed by atoms with van der Waals surface area (Å²) in [6, 6.07) is 9.61. The van der Waals surface area contributed by atoms with E-state index in [1.165, 1.54) is 77.0 Å². The average Bonchev–Trinajstić information content (AvgIpc) is 2.81. The van der Waals surface area contributed by atoms with Crippen molar-refractivity contribution in [1.29, 1.82) is 0 Å². The Balaban J connectivity index is 0.00000612. The van der Waals surface area contributed by atoms with Crippen molar-refractivity contribution >= 4 is 20.9 Å². The van der Waals surface area contributed by atoms with Crippen LogP contribution < -0.4 is 18.9 Å². The van der Waals surface area contributed by atoms with Crippen molar-refractivity contribution in [3.63, 3.8) is 0 Å². The van der Waals surface area contributed by atoms with Gasteiger partial charge in [-0.2, -0.15) is 0 Å². The molecule has 0 atom stereocenters. The van der Waals surface area contributed by atoms with Crippen molar-refractivity contribution in [3.8, 4) is 0 Å². The molecule has 0 unspecified atom stereocenters. The van der Waals surface area contributed by atoms with Crippen LogP contribution in [-0.2, 0) is 23.0 Å². The number of rotatable bonds is 19. The zero-order valence-corrected chi connectivity index (χ0v) is 23.6. The quantitative estimate of drug-likeness (QED) is 0.134. The van der Waals surface area contributed by atoms with Crippen molar-refractivity contribution in [2.24, 2.45) is 0 Å². The summed E-state index contributed by atoms with van der Waals surface area (Å²) >= 11 is 0. The van der Waals surface area contributed by atoms with Crippen molar-refractivity contribution in [2.75, 3.05) is 0 Å². The van der Waals surface area contributed by atoms with Gasteiger partial charge in [-0.05, 0) is 47.6 Å². The van der Waals surface area contributed by atoms with E-state index in [1.807, 2.05) is 18.2 Å². The third-order valence-corrected chi connectivity index (χ3v) is 7.99. The number of fused-ring (bicyclic) bond motifs is 1. The number of aryl methyl sites for hydroxylation is 1. The van der Waals surface area contributed by atoms with Crippen molar-refractivity contribution in [2.45, 2.75) is 134 Å². The molecule has 0 radical (unpaired) electrons. The number of benzene rings is 2. The Morgan fingerprint density at radius 3 is 1.63 bits per heavy atom. The van der Waals surface area contributed by atoms with Crippen LogP contribution in [0.1, 0.15) is 128 Å². The third kappa shape index (κ3) is 11.9. The van der Waals surface area contributed by atoms with Crippen LogP contribution in [0.2, 0.25) is 0 Å². The van der Waals surface area contributed by atoms with E-state index in [2.05, 4.69) is 19.9 Å². The molecule has 0 fully saturated rings. The summed E-state index contributed by atoms with van der Waals surface area (Å²) in [6.07, 6.45) is 21.1. The maximum atomic E-state index is 12.4. The van der Waals surface area contributed by atoms with Crippen LogP contribution in [0.25, 0.3) is 10.8 Å². The summed E-state index contributed by atoms with van der Waals surface area (Å²) in [5.41, 5.74) is 1.87. The molecule has 3 nitrogen and oxygen atoms in total. The summed E-state index contributed by atoms with van der Waals surface area (Å²) in [6.45, 7) is 4.47. The molecule has 5 heteroatoms. The first-order valence-electron chi connectivity index (χ1n) is 14.0.